The topological polar surface area (TPSA) is 64.2 Å². The number of aryl methyl sites for hydroxylation is 1. The van der Waals surface area contributed by atoms with E-state index in [2.05, 4.69) is 11.8 Å². The van der Waals surface area contributed by atoms with Crippen molar-refractivity contribution in [3.8, 4) is 0 Å². The minimum absolute atomic E-state index is 0.00720. The summed E-state index contributed by atoms with van der Waals surface area (Å²) in [7, 11) is 0. The summed E-state index contributed by atoms with van der Waals surface area (Å²) in [5, 5.41) is 0. The minimum atomic E-state index is -0.742. The van der Waals surface area contributed by atoms with Gasteiger partial charge >= 0.3 is 0 Å². The number of hydrogen-bond donors (Lipinski definition) is 0. The third-order valence-corrected chi connectivity index (χ3v) is 7.51. The third-order valence-electron chi connectivity index (χ3n) is 7.51. The number of nitrogens with zero attached hydrogens (tertiary/aromatic N) is 4. The Morgan fingerprint density at radius 1 is 0.914 bits per heavy atom. The van der Waals surface area contributed by atoms with Gasteiger partial charge in [0.1, 0.15) is 12.1 Å². The number of piperidine rings is 1. The van der Waals surface area contributed by atoms with E-state index in [4.69, 9.17) is 0 Å². The first kappa shape index (κ1) is 24.8. The fourth-order valence-electron chi connectivity index (χ4n) is 5.31. The van der Waals surface area contributed by atoms with Gasteiger partial charge in [0.15, 0.2) is 0 Å². The monoisotopic (exact) mass is 476 g/mol. The van der Waals surface area contributed by atoms with Crippen LogP contribution in [0, 0.1) is 0 Å². The highest BCUT2D eigenvalue weighted by Crippen LogP contribution is 2.39. The smallest absolute Gasteiger partial charge is 0.253 e. The first-order valence-electron chi connectivity index (χ1n) is 12.7. The van der Waals surface area contributed by atoms with Crippen molar-refractivity contribution >= 4 is 23.4 Å². The second-order valence-corrected chi connectivity index (χ2v) is 9.35. The molecule has 186 valence electrons. The molecule has 1 spiro atoms. The first-order valence-corrected chi connectivity index (χ1v) is 12.7. The molecule has 0 aliphatic carbocycles. The Balaban J connectivity index is 1.54. The number of amides is 3. The van der Waals surface area contributed by atoms with Crippen LogP contribution in [0.25, 0.3) is 0 Å². The zero-order chi connectivity index (χ0) is 25.0. The molecule has 2 aliphatic heterocycles. The predicted molar refractivity (Wildman–Crippen MR) is 137 cm³/mol. The standard InChI is InChI=1S/C28H36N4O3/c1-4-22-12-14-23(15-13-22)26(34)30-18-16-28(17-19-30)27(35)31(20-25(33)29(5-2)6-3)21-32(28)24-10-8-7-9-11-24/h7-15H,4-6,16-21H2,1-3H3. The van der Waals surface area contributed by atoms with E-state index in [-0.39, 0.29) is 24.3 Å². The molecule has 2 aliphatic rings. The van der Waals surface area contributed by atoms with E-state index < -0.39 is 5.54 Å². The lowest BCUT2D eigenvalue weighted by Crippen LogP contribution is -2.57. The van der Waals surface area contributed by atoms with Crippen molar-refractivity contribution in [3.63, 3.8) is 0 Å². The Labute approximate surface area is 208 Å². The fourth-order valence-corrected chi connectivity index (χ4v) is 5.31. The highest BCUT2D eigenvalue weighted by atomic mass is 16.2. The number of carbonyl (C=O) groups is 3. The van der Waals surface area contributed by atoms with E-state index in [1.807, 2.05) is 73.3 Å². The summed E-state index contributed by atoms with van der Waals surface area (Å²) in [6, 6.07) is 17.7. The number of para-hydroxylation sites is 1. The molecule has 0 atom stereocenters. The van der Waals surface area contributed by atoms with Gasteiger partial charge in [-0.15, -0.1) is 0 Å². The maximum Gasteiger partial charge on any atom is 0.253 e. The maximum absolute atomic E-state index is 13.8. The third kappa shape index (κ3) is 4.77. The van der Waals surface area contributed by atoms with Gasteiger partial charge < -0.3 is 19.6 Å². The van der Waals surface area contributed by atoms with Crippen LogP contribution in [0.5, 0.6) is 0 Å². The molecule has 0 bridgehead atoms. The average molecular weight is 477 g/mol. The normalized spacial score (nSPS) is 17.2. The summed E-state index contributed by atoms with van der Waals surface area (Å²) in [5.74, 6) is -0.0365. The molecule has 2 saturated heterocycles. The molecule has 0 N–H and O–H groups in total. The van der Waals surface area contributed by atoms with Gasteiger partial charge in [-0.3, -0.25) is 14.4 Å². The molecular formula is C28H36N4O3. The fraction of sp³-hybridized carbons (Fsp3) is 0.464. The molecule has 2 aromatic rings. The highest BCUT2D eigenvalue weighted by molar-refractivity contribution is 5.97. The van der Waals surface area contributed by atoms with Gasteiger partial charge in [0, 0.05) is 37.4 Å². The molecule has 0 unspecified atom stereocenters. The lowest BCUT2D eigenvalue weighted by Gasteiger charge is -2.43. The summed E-state index contributed by atoms with van der Waals surface area (Å²) in [5.41, 5.74) is 2.11. The molecule has 4 rings (SSSR count). The zero-order valence-electron chi connectivity index (χ0n) is 21.1. The summed E-state index contributed by atoms with van der Waals surface area (Å²) >= 11 is 0. The largest absolute Gasteiger partial charge is 0.342 e. The molecule has 7 nitrogen and oxygen atoms in total. The molecule has 3 amide bonds. The van der Waals surface area contributed by atoms with Crippen LogP contribution in [0.1, 0.15) is 49.5 Å². The van der Waals surface area contributed by atoms with Gasteiger partial charge in [0.25, 0.3) is 11.8 Å². The molecule has 2 aromatic carbocycles. The van der Waals surface area contributed by atoms with E-state index in [0.717, 1.165) is 12.1 Å². The van der Waals surface area contributed by atoms with Crippen molar-refractivity contribution in [1.82, 2.24) is 14.7 Å². The zero-order valence-corrected chi connectivity index (χ0v) is 21.1. The molecule has 0 aromatic heterocycles. The van der Waals surface area contributed by atoms with Gasteiger partial charge in [0.2, 0.25) is 5.91 Å². The predicted octanol–water partition coefficient (Wildman–Crippen LogP) is 3.40. The van der Waals surface area contributed by atoms with Crippen LogP contribution in [0.2, 0.25) is 0 Å². The van der Waals surface area contributed by atoms with Crippen LogP contribution in [0.3, 0.4) is 0 Å². The number of likely N-dealkylation sites (N-methyl/N-ethyl adjacent to an activating group) is 1. The van der Waals surface area contributed by atoms with Crippen molar-refractivity contribution in [2.24, 2.45) is 0 Å². The minimum Gasteiger partial charge on any atom is -0.342 e. The lowest BCUT2D eigenvalue weighted by atomic mass is 9.85. The van der Waals surface area contributed by atoms with Crippen molar-refractivity contribution in [2.45, 2.75) is 45.6 Å². The van der Waals surface area contributed by atoms with Crippen molar-refractivity contribution < 1.29 is 14.4 Å². The average Bonchev–Trinajstić information content (AvgIpc) is 3.16. The number of rotatable bonds is 7. The quantitative estimate of drug-likeness (QED) is 0.615. The molecule has 2 fully saturated rings. The van der Waals surface area contributed by atoms with E-state index in [0.29, 0.717) is 51.3 Å². The Hall–Kier alpha value is -3.35. The van der Waals surface area contributed by atoms with E-state index >= 15 is 0 Å². The Kier molecular flexibility index (Phi) is 7.43. The maximum atomic E-state index is 13.8. The van der Waals surface area contributed by atoms with Crippen LogP contribution in [-0.4, -0.2) is 77.4 Å². The van der Waals surface area contributed by atoms with Crippen molar-refractivity contribution in [2.75, 3.05) is 44.3 Å². The van der Waals surface area contributed by atoms with Gasteiger partial charge in [0.05, 0.1) is 6.67 Å². The van der Waals surface area contributed by atoms with Crippen LogP contribution < -0.4 is 4.90 Å². The second-order valence-electron chi connectivity index (χ2n) is 9.35. The highest BCUT2D eigenvalue weighted by Gasteiger charge is 2.54. The Morgan fingerprint density at radius 2 is 1.54 bits per heavy atom. The summed E-state index contributed by atoms with van der Waals surface area (Å²) in [6.07, 6.45) is 2.01. The first-order chi connectivity index (χ1) is 16.9. The van der Waals surface area contributed by atoms with Gasteiger partial charge in [-0.2, -0.15) is 0 Å². The summed E-state index contributed by atoms with van der Waals surface area (Å²) in [6.45, 7) is 8.71. The van der Waals surface area contributed by atoms with Crippen LogP contribution in [0.4, 0.5) is 5.69 Å². The molecule has 2 heterocycles. The molecule has 35 heavy (non-hydrogen) atoms. The number of carbonyl (C=O) groups excluding carboxylic acids is 3. The summed E-state index contributed by atoms with van der Waals surface area (Å²) in [4.78, 5) is 47.3. The molecule has 0 saturated carbocycles. The van der Waals surface area contributed by atoms with E-state index in [1.54, 1.807) is 9.80 Å². The number of anilines is 1. The van der Waals surface area contributed by atoms with Crippen LogP contribution >= 0.6 is 0 Å². The Bertz CT molecular complexity index is 1040. The van der Waals surface area contributed by atoms with Gasteiger partial charge in [-0.1, -0.05) is 37.3 Å². The number of hydrogen-bond acceptors (Lipinski definition) is 4. The van der Waals surface area contributed by atoms with Gasteiger partial charge in [-0.05, 0) is 62.9 Å². The SMILES string of the molecule is CCc1ccc(C(=O)N2CCC3(CC2)C(=O)N(CC(=O)N(CC)CC)CN3c2ccccc2)cc1. The molecular weight excluding hydrogens is 440 g/mol. The van der Waals surface area contributed by atoms with Crippen LogP contribution in [-0.2, 0) is 16.0 Å². The number of likely N-dealkylation sites (tertiary alicyclic amines) is 1. The van der Waals surface area contributed by atoms with Crippen LogP contribution in [0.15, 0.2) is 54.6 Å². The summed E-state index contributed by atoms with van der Waals surface area (Å²) < 4.78 is 0. The van der Waals surface area contributed by atoms with Crippen molar-refractivity contribution in [3.05, 3.63) is 65.7 Å². The lowest BCUT2D eigenvalue weighted by molar-refractivity contribution is -0.140. The molecule has 0 radical (unpaired) electrons. The second kappa shape index (κ2) is 10.5. The van der Waals surface area contributed by atoms with Crippen molar-refractivity contribution in [1.29, 1.82) is 0 Å². The van der Waals surface area contributed by atoms with E-state index in [9.17, 15) is 14.4 Å². The number of benzene rings is 2. The Morgan fingerprint density at radius 3 is 2.11 bits per heavy atom. The molecule has 7 heteroatoms. The van der Waals surface area contributed by atoms with E-state index in [1.165, 1.54) is 5.56 Å². The van der Waals surface area contributed by atoms with Gasteiger partial charge in [-0.25, -0.2) is 0 Å².